The number of hydrogen-bond acceptors (Lipinski definition) is 3. The Labute approximate surface area is 115 Å². The standard InChI is InChI=1S/C16H22N2O/c1-4-17-16(11-19-12(2)3)14-9-10-18-15-8-6-5-7-13(14)15/h5-10,12,16-17H,4,11H2,1-3H3. The number of ether oxygens (including phenoxy) is 1. The fraction of sp³-hybridized carbons (Fsp3) is 0.438. The predicted molar refractivity (Wildman–Crippen MR) is 79.2 cm³/mol. The molecule has 3 nitrogen and oxygen atoms in total. The normalized spacial score (nSPS) is 13.1. The summed E-state index contributed by atoms with van der Waals surface area (Å²) in [6.45, 7) is 7.84. The Balaban J connectivity index is 2.32. The van der Waals surface area contributed by atoms with Gasteiger partial charge in [0, 0.05) is 11.6 Å². The highest BCUT2D eigenvalue weighted by Gasteiger charge is 2.14. The molecule has 1 atom stereocenters. The van der Waals surface area contributed by atoms with Gasteiger partial charge in [0.05, 0.1) is 24.3 Å². The summed E-state index contributed by atoms with van der Waals surface area (Å²) < 4.78 is 5.78. The van der Waals surface area contributed by atoms with Gasteiger partial charge < -0.3 is 10.1 Å². The number of hydrogen-bond donors (Lipinski definition) is 1. The zero-order chi connectivity index (χ0) is 13.7. The van der Waals surface area contributed by atoms with Crippen LogP contribution in [-0.2, 0) is 4.74 Å². The molecular formula is C16H22N2O. The minimum Gasteiger partial charge on any atom is -0.377 e. The van der Waals surface area contributed by atoms with E-state index in [1.165, 1.54) is 10.9 Å². The first-order valence-corrected chi connectivity index (χ1v) is 6.91. The molecule has 1 heterocycles. The first-order valence-electron chi connectivity index (χ1n) is 6.91. The van der Waals surface area contributed by atoms with Crippen molar-refractivity contribution in [3.63, 3.8) is 0 Å². The monoisotopic (exact) mass is 258 g/mol. The molecular weight excluding hydrogens is 236 g/mol. The summed E-state index contributed by atoms with van der Waals surface area (Å²) in [5.74, 6) is 0. The zero-order valence-corrected chi connectivity index (χ0v) is 11.9. The lowest BCUT2D eigenvalue weighted by atomic mass is 10.0. The fourth-order valence-electron chi connectivity index (χ4n) is 2.22. The van der Waals surface area contributed by atoms with Crippen molar-refractivity contribution in [3.05, 3.63) is 42.1 Å². The second kappa shape index (κ2) is 6.64. The molecule has 1 unspecified atom stereocenters. The van der Waals surface area contributed by atoms with Crippen LogP contribution >= 0.6 is 0 Å². The van der Waals surface area contributed by atoms with E-state index in [-0.39, 0.29) is 12.1 Å². The quantitative estimate of drug-likeness (QED) is 0.863. The summed E-state index contributed by atoms with van der Waals surface area (Å²) in [5, 5.41) is 4.69. The van der Waals surface area contributed by atoms with Crippen LogP contribution in [0.1, 0.15) is 32.4 Å². The maximum absolute atomic E-state index is 5.78. The van der Waals surface area contributed by atoms with Crippen molar-refractivity contribution >= 4 is 10.9 Å². The molecule has 1 aromatic heterocycles. The minimum atomic E-state index is 0.209. The van der Waals surface area contributed by atoms with Gasteiger partial charge in [-0.1, -0.05) is 25.1 Å². The van der Waals surface area contributed by atoms with Crippen LogP contribution in [0.2, 0.25) is 0 Å². The van der Waals surface area contributed by atoms with Crippen LogP contribution in [0.5, 0.6) is 0 Å². The van der Waals surface area contributed by atoms with Crippen LogP contribution in [-0.4, -0.2) is 24.2 Å². The molecule has 0 amide bonds. The molecule has 2 aromatic rings. The van der Waals surface area contributed by atoms with E-state index < -0.39 is 0 Å². The Hall–Kier alpha value is -1.45. The number of likely N-dealkylation sites (N-methyl/N-ethyl adjacent to an activating group) is 1. The van der Waals surface area contributed by atoms with E-state index in [1.54, 1.807) is 0 Å². The van der Waals surface area contributed by atoms with Gasteiger partial charge in [0.2, 0.25) is 0 Å². The van der Waals surface area contributed by atoms with Gasteiger partial charge in [-0.15, -0.1) is 0 Å². The second-order valence-corrected chi connectivity index (χ2v) is 4.91. The Morgan fingerprint density at radius 1 is 1.21 bits per heavy atom. The Kier molecular flexibility index (Phi) is 4.88. The molecule has 0 saturated carbocycles. The molecule has 1 N–H and O–H groups in total. The van der Waals surface area contributed by atoms with Crippen molar-refractivity contribution in [1.82, 2.24) is 10.3 Å². The number of para-hydroxylation sites is 1. The van der Waals surface area contributed by atoms with Crippen molar-refractivity contribution in [2.75, 3.05) is 13.2 Å². The van der Waals surface area contributed by atoms with Gasteiger partial charge in [-0.25, -0.2) is 0 Å². The number of pyridine rings is 1. The summed E-state index contributed by atoms with van der Waals surface area (Å²) in [5.41, 5.74) is 2.29. The summed E-state index contributed by atoms with van der Waals surface area (Å²) in [4.78, 5) is 4.41. The van der Waals surface area contributed by atoms with E-state index >= 15 is 0 Å². The molecule has 0 fully saturated rings. The van der Waals surface area contributed by atoms with Gasteiger partial charge in [-0.3, -0.25) is 4.98 Å². The molecule has 0 saturated heterocycles. The molecule has 19 heavy (non-hydrogen) atoms. The molecule has 0 spiro atoms. The van der Waals surface area contributed by atoms with Crippen molar-refractivity contribution in [2.45, 2.75) is 32.9 Å². The maximum atomic E-state index is 5.78. The summed E-state index contributed by atoms with van der Waals surface area (Å²) in [6, 6.07) is 10.5. The van der Waals surface area contributed by atoms with Gasteiger partial charge in [0.25, 0.3) is 0 Å². The molecule has 2 rings (SSSR count). The smallest absolute Gasteiger partial charge is 0.0705 e. The van der Waals surface area contributed by atoms with Crippen molar-refractivity contribution < 1.29 is 4.74 Å². The third kappa shape index (κ3) is 3.52. The lowest BCUT2D eigenvalue weighted by Gasteiger charge is -2.21. The van der Waals surface area contributed by atoms with E-state index in [2.05, 4.69) is 49.3 Å². The van der Waals surface area contributed by atoms with Gasteiger partial charge >= 0.3 is 0 Å². The van der Waals surface area contributed by atoms with Gasteiger partial charge in [-0.2, -0.15) is 0 Å². The Bertz CT molecular complexity index is 520. The highest BCUT2D eigenvalue weighted by atomic mass is 16.5. The Morgan fingerprint density at radius 2 is 2.00 bits per heavy atom. The molecule has 0 radical (unpaired) electrons. The SMILES string of the molecule is CCNC(COC(C)C)c1ccnc2ccccc12. The minimum absolute atomic E-state index is 0.209. The number of nitrogens with zero attached hydrogens (tertiary/aromatic N) is 1. The predicted octanol–water partition coefficient (Wildman–Crippen LogP) is 3.31. The van der Waals surface area contributed by atoms with Gasteiger partial charge in [0.1, 0.15) is 0 Å². The molecule has 3 heteroatoms. The molecule has 0 aliphatic rings. The number of benzene rings is 1. The van der Waals surface area contributed by atoms with E-state index in [1.807, 2.05) is 18.3 Å². The Morgan fingerprint density at radius 3 is 2.74 bits per heavy atom. The third-order valence-corrected chi connectivity index (χ3v) is 3.10. The lowest BCUT2D eigenvalue weighted by molar-refractivity contribution is 0.0617. The molecule has 0 aliphatic carbocycles. The second-order valence-electron chi connectivity index (χ2n) is 4.91. The van der Waals surface area contributed by atoms with Gasteiger partial charge in [-0.05, 0) is 38.1 Å². The van der Waals surface area contributed by atoms with Crippen LogP contribution in [0.3, 0.4) is 0 Å². The highest BCUT2D eigenvalue weighted by Crippen LogP contribution is 2.23. The first kappa shape index (κ1) is 14.0. The fourth-order valence-corrected chi connectivity index (χ4v) is 2.22. The van der Waals surface area contributed by atoms with Crippen molar-refractivity contribution in [2.24, 2.45) is 0 Å². The molecule has 0 bridgehead atoms. The van der Waals surface area contributed by atoms with E-state index in [0.717, 1.165) is 12.1 Å². The number of aromatic nitrogens is 1. The maximum Gasteiger partial charge on any atom is 0.0705 e. The van der Waals surface area contributed by atoms with Crippen LogP contribution in [0, 0.1) is 0 Å². The van der Waals surface area contributed by atoms with Crippen LogP contribution in [0.25, 0.3) is 10.9 Å². The largest absolute Gasteiger partial charge is 0.377 e. The molecule has 102 valence electrons. The van der Waals surface area contributed by atoms with Crippen LogP contribution in [0.15, 0.2) is 36.5 Å². The molecule has 1 aromatic carbocycles. The van der Waals surface area contributed by atoms with Crippen LogP contribution in [0.4, 0.5) is 0 Å². The third-order valence-electron chi connectivity index (χ3n) is 3.10. The van der Waals surface area contributed by atoms with E-state index in [0.29, 0.717) is 6.61 Å². The summed E-state index contributed by atoms with van der Waals surface area (Å²) >= 11 is 0. The summed E-state index contributed by atoms with van der Waals surface area (Å²) in [6.07, 6.45) is 2.12. The number of fused-ring (bicyclic) bond motifs is 1. The first-order chi connectivity index (χ1) is 9.22. The highest BCUT2D eigenvalue weighted by molar-refractivity contribution is 5.82. The topological polar surface area (TPSA) is 34.1 Å². The van der Waals surface area contributed by atoms with Crippen molar-refractivity contribution in [1.29, 1.82) is 0 Å². The van der Waals surface area contributed by atoms with E-state index in [9.17, 15) is 0 Å². The average Bonchev–Trinajstić information content (AvgIpc) is 2.43. The van der Waals surface area contributed by atoms with Crippen LogP contribution < -0.4 is 5.32 Å². The van der Waals surface area contributed by atoms with Gasteiger partial charge in [0.15, 0.2) is 0 Å². The molecule has 0 aliphatic heterocycles. The summed E-state index contributed by atoms with van der Waals surface area (Å²) in [7, 11) is 0. The lowest BCUT2D eigenvalue weighted by Crippen LogP contribution is -2.26. The zero-order valence-electron chi connectivity index (χ0n) is 11.9. The number of nitrogens with one attached hydrogen (secondary N) is 1. The van der Waals surface area contributed by atoms with E-state index in [4.69, 9.17) is 4.74 Å². The number of rotatable bonds is 6. The average molecular weight is 258 g/mol. The van der Waals surface area contributed by atoms with Crippen molar-refractivity contribution in [3.8, 4) is 0 Å².